The number of Topliss-reactive ketones (excluding diaryl/α,β-unsaturated/α-hetero) is 1. The van der Waals surface area contributed by atoms with Crippen LogP contribution in [0.3, 0.4) is 0 Å². The van der Waals surface area contributed by atoms with Crippen LogP contribution >= 0.6 is 22.9 Å². The van der Waals surface area contributed by atoms with Crippen molar-refractivity contribution < 1.29 is 9.59 Å². The molecular formula is C20H18ClN3O2S. The van der Waals surface area contributed by atoms with Gasteiger partial charge in [0.15, 0.2) is 5.78 Å². The molecule has 138 valence electrons. The van der Waals surface area contributed by atoms with Crippen LogP contribution < -0.4 is 5.32 Å². The van der Waals surface area contributed by atoms with Crippen molar-refractivity contribution in [3.8, 4) is 5.69 Å². The second-order valence-corrected chi connectivity index (χ2v) is 8.47. The van der Waals surface area contributed by atoms with Crippen molar-refractivity contribution in [2.45, 2.75) is 33.1 Å². The predicted octanol–water partition coefficient (Wildman–Crippen LogP) is 4.82. The first-order valence-corrected chi connectivity index (χ1v) is 9.81. The van der Waals surface area contributed by atoms with E-state index in [4.69, 9.17) is 11.6 Å². The third-order valence-electron chi connectivity index (χ3n) is 4.80. The standard InChI is InChI=1S/C20H18ClN3O2S/c1-10-4-6-13(8-15(10)21)24-20-18(12(3)23-24)14(9-17(25)22-20)19(26)16-7-5-11(2)27-16/h4-8,14H,9H2,1-3H3,(H,22,25)/t14-/m1/s1. The molecule has 7 heteroatoms. The topological polar surface area (TPSA) is 64.0 Å². The molecule has 4 rings (SSSR count). The number of nitrogens with one attached hydrogen (secondary N) is 1. The van der Waals surface area contributed by atoms with Crippen LogP contribution in [0.15, 0.2) is 30.3 Å². The maximum absolute atomic E-state index is 13.1. The van der Waals surface area contributed by atoms with Crippen LogP contribution in [0.1, 0.15) is 43.7 Å². The largest absolute Gasteiger partial charge is 0.310 e. The number of carbonyl (C=O) groups is 2. The number of nitrogens with zero attached hydrogens (tertiary/aromatic N) is 2. The first-order valence-electron chi connectivity index (χ1n) is 8.61. The Balaban J connectivity index is 1.83. The lowest BCUT2D eigenvalue weighted by Crippen LogP contribution is -2.28. The minimum absolute atomic E-state index is 0.0335. The molecule has 0 radical (unpaired) electrons. The number of aromatic nitrogens is 2. The number of halogens is 1. The van der Waals surface area contributed by atoms with Gasteiger partial charge >= 0.3 is 0 Å². The number of rotatable bonds is 3. The van der Waals surface area contributed by atoms with Gasteiger partial charge in [-0.2, -0.15) is 5.10 Å². The summed E-state index contributed by atoms with van der Waals surface area (Å²) in [5, 5.41) is 8.11. The molecule has 1 aromatic carbocycles. The highest BCUT2D eigenvalue weighted by Crippen LogP contribution is 2.39. The normalized spacial score (nSPS) is 16.1. The molecule has 0 saturated heterocycles. The fourth-order valence-electron chi connectivity index (χ4n) is 3.41. The Bertz CT molecular complexity index is 1080. The molecule has 1 N–H and O–H groups in total. The molecule has 1 aliphatic rings. The van der Waals surface area contributed by atoms with E-state index in [2.05, 4.69) is 10.4 Å². The second-order valence-electron chi connectivity index (χ2n) is 6.77. The number of benzene rings is 1. The summed E-state index contributed by atoms with van der Waals surface area (Å²) in [4.78, 5) is 27.2. The van der Waals surface area contributed by atoms with E-state index in [9.17, 15) is 9.59 Å². The summed E-state index contributed by atoms with van der Waals surface area (Å²) in [6.07, 6.45) is 0.129. The summed E-state index contributed by atoms with van der Waals surface area (Å²) >= 11 is 7.71. The number of hydrogen-bond donors (Lipinski definition) is 1. The summed E-state index contributed by atoms with van der Waals surface area (Å²) < 4.78 is 1.66. The number of amides is 1. The van der Waals surface area contributed by atoms with E-state index in [1.54, 1.807) is 4.68 Å². The number of aryl methyl sites for hydroxylation is 3. The van der Waals surface area contributed by atoms with Gasteiger partial charge in [-0.15, -0.1) is 11.3 Å². The Morgan fingerprint density at radius 1 is 1.26 bits per heavy atom. The first-order chi connectivity index (χ1) is 12.8. The molecule has 0 unspecified atom stereocenters. The maximum Gasteiger partial charge on any atom is 0.226 e. The van der Waals surface area contributed by atoms with Gasteiger partial charge in [-0.3, -0.25) is 9.59 Å². The van der Waals surface area contributed by atoms with Crippen LogP contribution in [0.2, 0.25) is 5.02 Å². The highest BCUT2D eigenvalue weighted by molar-refractivity contribution is 7.14. The molecule has 1 atom stereocenters. The van der Waals surface area contributed by atoms with Crippen LogP contribution in [-0.2, 0) is 4.79 Å². The van der Waals surface area contributed by atoms with E-state index in [1.165, 1.54) is 11.3 Å². The molecule has 3 heterocycles. The molecule has 2 aromatic heterocycles. The van der Waals surface area contributed by atoms with Gasteiger partial charge in [0, 0.05) is 21.9 Å². The summed E-state index contributed by atoms with van der Waals surface area (Å²) in [5.41, 5.74) is 3.22. The number of anilines is 1. The van der Waals surface area contributed by atoms with E-state index in [1.807, 2.05) is 51.1 Å². The highest BCUT2D eigenvalue weighted by atomic mass is 35.5. The van der Waals surface area contributed by atoms with Gasteiger partial charge in [-0.1, -0.05) is 17.7 Å². The number of thiophene rings is 1. The smallest absolute Gasteiger partial charge is 0.226 e. The Hall–Kier alpha value is -2.44. The molecule has 0 saturated carbocycles. The van der Waals surface area contributed by atoms with Gasteiger partial charge < -0.3 is 5.32 Å². The summed E-state index contributed by atoms with van der Waals surface area (Å²) in [5.74, 6) is -0.195. The van der Waals surface area contributed by atoms with Crippen LogP contribution in [-0.4, -0.2) is 21.5 Å². The zero-order chi connectivity index (χ0) is 19.3. The van der Waals surface area contributed by atoms with Crippen molar-refractivity contribution in [1.29, 1.82) is 0 Å². The number of carbonyl (C=O) groups excluding carboxylic acids is 2. The van der Waals surface area contributed by atoms with Crippen LogP contribution in [0.4, 0.5) is 5.82 Å². The lowest BCUT2D eigenvalue weighted by Gasteiger charge is -2.22. The Kier molecular flexibility index (Phi) is 4.40. The molecule has 0 spiro atoms. The van der Waals surface area contributed by atoms with Crippen molar-refractivity contribution >= 4 is 40.4 Å². The Labute approximate surface area is 166 Å². The summed E-state index contributed by atoms with van der Waals surface area (Å²) in [6.45, 7) is 5.75. The molecule has 27 heavy (non-hydrogen) atoms. The van der Waals surface area contributed by atoms with Gasteiger partial charge in [0.25, 0.3) is 0 Å². The molecule has 0 bridgehead atoms. The molecular weight excluding hydrogens is 382 g/mol. The zero-order valence-electron chi connectivity index (χ0n) is 15.2. The van der Waals surface area contributed by atoms with Crippen molar-refractivity contribution in [3.05, 3.63) is 61.9 Å². The van der Waals surface area contributed by atoms with E-state index in [0.29, 0.717) is 15.7 Å². The molecule has 0 fully saturated rings. The van der Waals surface area contributed by atoms with Crippen LogP contribution in [0, 0.1) is 20.8 Å². The van der Waals surface area contributed by atoms with Crippen molar-refractivity contribution in [2.75, 3.05) is 5.32 Å². The van der Waals surface area contributed by atoms with Gasteiger partial charge in [-0.05, 0) is 50.6 Å². The van der Waals surface area contributed by atoms with Crippen LogP contribution in [0.5, 0.6) is 0 Å². The fourth-order valence-corrected chi connectivity index (χ4v) is 4.45. The SMILES string of the molecule is Cc1ccc(C(=O)[C@@H]2CC(=O)Nc3c2c(C)nn3-c2ccc(C)c(Cl)c2)s1. The molecule has 1 amide bonds. The third-order valence-corrected chi connectivity index (χ3v) is 6.22. The number of ketones is 1. The van der Waals surface area contributed by atoms with Gasteiger partial charge in [0.2, 0.25) is 5.91 Å². The Morgan fingerprint density at radius 3 is 2.70 bits per heavy atom. The van der Waals surface area contributed by atoms with E-state index >= 15 is 0 Å². The quantitative estimate of drug-likeness (QED) is 0.642. The van der Waals surface area contributed by atoms with Crippen LogP contribution in [0.25, 0.3) is 5.69 Å². The maximum atomic E-state index is 13.1. The van der Waals surface area contributed by atoms with E-state index in [-0.39, 0.29) is 18.1 Å². The van der Waals surface area contributed by atoms with Crippen molar-refractivity contribution in [1.82, 2.24) is 9.78 Å². The summed E-state index contributed by atoms with van der Waals surface area (Å²) in [6, 6.07) is 9.36. The van der Waals surface area contributed by atoms with Gasteiger partial charge in [-0.25, -0.2) is 4.68 Å². The fraction of sp³-hybridized carbons (Fsp3) is 0.250. The van der Waals surface area contributed by atoms with Gasteiger partial charge in [0.05, 0.1) is 22.2 Å². The van der Waals surface area contributed by atoms with Crippen molar-refractivity contribution in [2.24, 2.45) is 0 Å². The lowest BCUT2D eigenvalue weighted by atomic mass is 9.87. The predicted molar refractivity (Wildman–Crippen MR) is 107 cm³/mol. The molecule has 0 aliphatic carbocycles. The third kappa shape index (κ3) is 3.09. The van der Waals surface area contributed by atoms with E-state index in [0.717, 1.165) is 27.4 Å². The molecule has 1 aliphatic heterocycles. The first kappa shape index (κ1) is 17.9. The number of hydrogen-bond acceptors (Lipinski definition) is 4. The minimum atomic E-state index is -0.526. The average molecular weight is 400 g/mol. The zero-order valence-corrected chi connectivity index (χ0v) is 16.7. The van der Waals surface area contributed by atoms with Gasteiger partial charge in [0.1, 0.15) is 5.82 Å². The second kappa shape index (κ2) is 6.62. The monoisotopic (exact) mass is 399 g/mol. The van der Waals surface area contributed by atoms with E-state index < -0.39 is 5.92 Å². The highest BCUT2D eigenvalue weighted by Gasteiger charge is 2.36. The molecule has 5 nitrogen and oxygen atoms in total. The number of fused-ring (bicyclic) bond motifs is 1. The average Bonchev–Trinajstić information content (AvgIpc) is 3.20. The summed E-state index contributed by atoms with van der Waals surface area (Å²) in [7, 11) is 0. The molecule has 3 aromatic rings. The Morgan fingerprint density at radius 2 is 2.04 bits per heavy atom. The lowest BCUT2D eigenvalue weighted by molar-refractivity contribution is -0.116. The minimum Gasteiger partial charge on any atom is -0.310 e. The van der Waals surface area contributed by atoms with Crippen molar-refractivity contribution in [3.63, 3.8) is 0 Å².